The minimum absolute atomic E-state index is 0.919. The van der Waals surface area contributed by atoms with Crippen LogP contribution in [-0.2, 0) is 0 Å². The second-order valence-electron chi connectivity index (χ2n) is 5.03. The van der Waals surface area contributed by atoms with Gasteiger partial charge in [-0.3, -0.25) is 0 Å². The number of rotatable bonds is 0. The number of fused-ring (bicyclic) bond motifs is 5. The van der Waals surface area contributed by atoms with E-state index in [1.807, 2.05) is 18.2 Å². The minimum Gasteiger partial charge on any atom is -0.245 e. The van der Waals surface area contributed by atoms with Gasteiger partial charge in [0.15, 0.2) is 0 Å². The Kier molecular flexibility index (Phi) is 1.73. The van der Waals surface area contributed by atoms with Gasteiger partial charge in [0, 0.05) is 26.9 Å². The van der Waals surface area contributed by atoms with Crippen LogP contribution in [0.1, 0.15) is 0 Å². The third-order valence-electron chi connectivity index (χ3n) is 3.93. The van der Waals surface area contributed by atoms with Gasteiger partial charge in [0.2, 0.25) is 0 Å². The Morgan fingerprint density at radius 3 is 2.35 bits per heavy atom. The van der Waals surface area contributed by atoms with Crippen molar-refractivity contribution < 1.29 is 0 Å². The van der Waals surface area contributed by atoms with Crippen molar-refractivity contribution in [2.75, 3.05) is 0 Å². The molecule has 0 saturated carbocycles. The monoisotopic (exact) mass is 253 g/mol. The van der Waals surface area contributed by atoms with Crippen molar-refractivity contribution in [3.8, 4) is 0 Å². The smallest absolute Gasteiger partial charge is 0.0979 e. The maximum atomic E-state index is 4.76. The average molecular weight is 253 g/mol. The molecule has 0 aromatic heterocycles. The molecule has 0 saturated heterocycles. The molecule has 2 aliphatic heterocycles. The first-order chi connectivity index (χ1) is 9.92. The molecule has 2 nitrogen and oxygen atoms in total. The second kappa shape index (κ2) is 3.42. The van der Waals surface area contributed by atoms with Crippen LogP contribution in [0.4, 0.5) is 11.4 Å². The molecule has 0 fully saturated rings. The fourth-order valence-corrected chi connectivity index (χ4v) is 3.01. The summed E-state index contributed by atoms with van der Waals surface area (Å²) in [6.07, 6.45) is 0. The first kappa shape index (κ1) is 10.1. The van der Waals surface area contributed by atoms with Crippen LogP contribution in [0.15, 0.2) is 64.6 Å². The third-order valence-corrected chi connectivity index (χ3v) is 3.93. The number of hydrogen-bond acceptors (Lipinski definition) is 2. The summed E-state index contributed by atoms with van der Waals surface area (Å²) in [6, 6.07) is 21.7. The molecular formula is C18H9N2. The van der Waals surface area contributed by atoms with Crippen LogP contribution in [0, 0.1) is 26.9 Å². The lowest BCUT2D eigenvalue weighted by Crippen LogP contribution is -1.98. The molecule has 91 valence electrons. The van der Waals surface area contributed by atoms with Crippen molar-refractivity contribution >= 4 is 11.4 Å². The largest absolute Gasteiger partial charge is 0.245 e. The molecule has 0 aliphatic carbocycles. The lowest BCUT2D eigenvalue weighted by molar-refractivity contribution is 1.33. The zero-order chi connectivity index (χ0) is 13.1. The molecule has 3 aromatic carbocycles. The van der Waals surface area contributed by atoms with Gasteiger partial charge in [0.25, 0.3) is 0 Å². The Labute approximate surface area is 114 Å². The summed E-state index contributed by atoms with van der Waals surface area (Å²) >= 11 is 0. The van der Waals surface area contributed by atoms with Crippen molar-refractivity contribution in [1.29, 1.82) is 0 Å². The number of para-hydroxylation sites is 2. The predicted molar refractivity (Wildman–Crippen MR) is 75.1 cm³/mol. The van der Waals surface area contributed by atoms with E-state index in [1.165, 1.54) is 10.4 Å². The first-order valence-electron chi connectivity index (χ1n) is 6.63. The molecule has 2 heteroatoms. The quantitative estimate of drug-likeness (QED) is 0.405. The van der Waals surface area contributed by atoms with Gasteiger partial charge < -0.3 is 0 Å². The van der Waals surface area contributed by atoms with E-state index in [-0.39, 0.29) is 0 Å². The molecule has 2 aliphatic rings. The Balaban J connectivity index is 2.10. The van der Waals surface area contributed by atoms with Crippen LogP contribution < -0.4 is 10.7 Å². The summed E-state index contributed by atoms with van der Waals surface area (Å²) in [4.78, 5) is 9.48. The Hall–Kier alpha value is -2.74. The molecule has 0 unspecified atom stereocenters. The summed E-state index contributed by atoms with van der Waals surface area (Å²) in [5.41, 5.74) is 1.98. The van der Waals surface area contributed by atoms with Crippen LogP contribution in [0.25, 0.3) is 0 Å². The number of benzene rings is 3. The maximum absolute atomic E-state index is 4.76. The van der Waals surface area contributed by atoms with E-state index in [9.17, 15) is 0 Å². The van der Waals surface area contributed by atoms with Crippen molar-refractivity contribution in [2.24, 2.45) is 9.98 Å². The van der Waals surface area contributed by atoms with Crippen LogP contribution in [0.5, 0.6) is 0 Å². The SMILES string of the molecule is [c]1cccc2c1=Nc1c3c(ccc1=2)=c1ccccc1=N3. The standard InChI is InChI=1S/C18H9N2/c1-3-7-15-11(5-1)13-9-10-14-12-6-2-4-8-16(12)20-18(14)17(13)19-15/h1-7,9-10H. The summed E-state index contributed by atoms with van der Waals surface area (Å²) in [5, 5.41) is 6.63. The van der Waals surface area contributed by atoms with Crippen molar-refractivity contribution in [1.82, 2.24) is 0 Å². The number of nitrogens with zero attached hydrogens (tertiary/aromatic N) is 2. The number of hydrogen-bond donors (Lipinski definition) is 0. The summed E-state index contributed by atoms with van der Waals surface area (Å²) in [7, 11) is 0. The van der Waals surface area contributed by atoms with Crippen LogP contribution in [-0.4, -0.2) is 0 Å². The average Bonchev–Trinajstić information content (AvgIpc) is 3.05. The molecule has 0 amide bonds. The highest BCUT2D eigenvalue weighted by atomic mass is 14.8. The van der Waals surface area contributed by atoms with Gasteiger partial charge >= 0.3 is 0 Å². The van der Waals surface area contributed by atoms with Crippen LogP contribution >= 0.6 is 0 Å². The molecule has 5 rings (SSSR count). The van der Waals surface area contributed by atoms with E-state index in [2.05, 4.69) is 42.5 Å². The molecule has 1 radical (unpaired) electrons. The van der Waals surface area contributed by atoms with E-state index >= 15 is 0 Å². The molecule has 0 N–H and O–H groups in total. The highest BCUT2D eigenvalue weighted by molar-refractivity contribution is 5.66. The lowest BCUT2D eigenvalue weighted by atomic mass is 10.1. The third kappa shape index (κ3) is 1.14. The molecule has 0 spiro atoms. The lowest BCUT2D eigenvalue weighted by Gasteiger charge is -1.96. The van der Waals surface area contributed by atoms with Crippen molar-refractivity contribution in [2.45, 2.75) is 0 Å². The highest BCUT2D eigenvalue weighted by Crippen LogP contribution is 2.33. The van der Waals surface area contributed by atoms with Gasteiger partial charge in [0.05, 0.1) is 22.1 Å². The van der Waals surface area contributed by atoms with Crippen LogP contribution in [0.3, 0.4) is 0 Å². The Morgan fingerprint density at radius 2 is 1.40 bits per heavy atom. The topological polar surface area (TPSA) is 24.7 Å². The summed E-state index contributed by atoms with van der Waals surface area (Å²) in [5.74, 6) is 0. The van der Waals surface area contributed by atoms with Crippen molar-refractivity contribution in [3.05, 3.63) is 92.3 Å². The fraction of sp³-hybridized carbons (Fsp3) is 0. The minimum atomic E-state index is 0.919. The van der Waals surface area contributed by atoms with E-state index in [1.54, 1.807) is 0 Å². The normalized spacial score (nSPS) is 12.8. The van der Waals surface area contributed by atoms with E-state index in [0.29, 0.717) is 0 Å². The molecule has 3 aromatic rings. The molecular weight excluding hydrogens is 244 g/mol. The van der Waals surface area contributed by atoms with Gasteiger partial charge in [-0.2, -0.15) is 0 Å². The van der Waals surface area contributed by atoms with Gasteiger partial charge in [-0.05, 0) is 6.07 Å². The Bertz CT molecular complexity index is 1090. The predicted octanol–water partition coefficient (Wildman–Crippen LogP) is 2.59. The molecule has 20 heavy (non-hydrogen) atoms. The summed E-state index contributed by atoms with van der Waals surface area (Å²) in [6.45, 7) is 0. The van der Waals surface area contributed by atoms with E-state index < -0.39 is 0 Å². The maximum Gasteiger partial charge on any atom is 0.0979 e. The van der Waals surface area contributed by atoms with Crippen molar-refractivity contribution in [3.63, 3.8) is 0 Å². The summed E-state index contributed by atoms with van der Waals surface area (Å²) < 4.78 is 0. The fourth-order valence-electron chi connectivity index (χ4n) is 3.01. The molecule has 2 heterocycles. The van der Waals surface area contributed by atoms with Gasteiger partial charge in [-0.15, -0.1) is 0 Å². The van der Waals surface area contributed by atoms with Gasteiger partial charge in [-0.1, -0.05) is 48.5 Å². The zero-order valence-electron chi connectivity index (χ0n) is 10.6. The van der Waals surface area contributed by atoms with Crippen LogP contribution in [0.2, 0.25) is 0 Å². The highest BCUT2D eigenvalue weighted by Gasteiger charge is 2.13. The van der Waals surface area contributed by atoms with Gasteiger partial charge in [0.1, 0.15) is 0 Å². The zero-order valence-corrected chi connectivity index (χ0v) is 10.6. The van der Waals surface area contributed by atoms with Gasteiger partial charge in [-0.25, -0.2) is 9.98 Å². The molecule has 0 bridgehead atoms. The van der Waals surface area contributed by atoms with E-state index in [4.69, 9.17) is 9.98 Å². The second-order valence-corrected chi connectivity index (χ2v) is 5.03. The van der Waals surface area contributed by atoms with E-state index in [0.717, 1.165) is 32.5 Å². The first-order valence-corrected chi connectivity index (χ1v) is 6.63. The Morgan fingerprint density at radius 1 is 0.650 bits per heavy atom. The molecule has 0 atom stereocenters.